The van der Waals surface area contributed by atoms with Crippen LogP contribution in [0.25, 0.3) is 0 Å². The van der Waals surface area contributed by atoms with Crippen molar-refractivity contribution in [3.8, 4) is 0 Å². The van der Waals surface area contributed by atoms with Crippen LogP contribution >= 0.6 is 12.2 Å². The minimum Gasteiger partial charge on any atom is -0.361 e. The molecular weight excluding hydrogens is 235 g/mol. The summed E-state index contributed by atoms with van der Waals surface area (Å²) in [5.74, 6) is -0.128. The summed E-state index contributed by atoms with van der Waals surface area (Å²) >= 11 is 5.12. The second kappa shape index (κ2) is 5.96. The minimum atomic E-state index is -0.128. The minimum absolute atomic E-state index is 0.128. The fourth-order valence-corrected chi connectivity index (χ4v) is 1.94. The first-order valence-corrected chi connectivity index (χ1v) is 6.11. The van der Waals surface area contributed by atoms with Crippen LogP contribution in [0.5, 0.6) is 0 Å². The van der Waals surface area contributed by atoms with Crippen LogP contribution in [-0.2, 0) is 6.54 Å². The molecular formula is C13H19FN2S. The Labute approximate surface area is 108 Å². The monoisotopic (exact) mass is 254 g/mol. The number of hydrogen-bond acceptors (Lipinski definition) is 1. The van der Waals surface area contributed by atoms with E-state index < -0.39 is 0 Å². The lowest BCUT2D eigenvalue weighted by Gasteiger charge is -2.14. The third-order valence-corrected chi connectivity index (χ3v) is 2.63. The van der Waals surface area contributed by atoms with Gasteiger partial charge in [-0.2, -0.15) is 0 Å². The number of aryl methyl sites for hydroxylation is 2. The highest BCUT2D eigenvalue weighted by Crippen LogP contribution is 2.14. The molecule has 0 unspecified atom stereocenters. The summed E-state index contributed by atoms with van der Waals surface area (Å²) in [6, 6.07) is 3.99. The summed E-state index contributed by atoms with van der Waals surface area (Å²) in [7, 11) is 0. The molecule has 0 aliphatic heterocycles. The van der Waals surface area contributed by atoms with Crippen molar-refractivity contribution in [1.29, 1.82) is 0 Å². The molecule has 1 rings (SSSR count). The third kappa shape index (κ3) is 4.30. The molecule has 2 nitrogen and oxygen atoms in total. The molecule has 17 heavy (non-hydrogen) atoms. The molecule has 0 atom stereocenters. The second-order valence-electron chi connectivity index (χ2n) is 4.53. The molecule has 0 saturated heterocycles. The molecule has 0 saturated carbocycles. The lowest BCUT2D eigenvalue weighted by molar-refractivity contribution is 0.607. The van der Waals surface area contributed by atoms with E-state index >= 15 is 0 Å². The van der Waals surface area contributed by atoms with E-state index in [1.807, 2.05) is 26.0 Å². The fourth-order valence-electron chi connectivity index (χ4n) is 1.63. The summed E-state index contributed by atoms with van der Waals surface area (Å²) in [5.41, 5.74) is 2.38. The normalized spacial score (nSPS) is 10.5. The molecule has 94 valence electrons. The van der Waals surface area contributed by atoms with Gasteiger partial charge in [-0.3, -0.25) is 0 Å². The zero-order valence-electron chi connectivity index (χ0n) is 10.7. The number of hydrogen-bond donors (Lipinski definition) is 2. The van der Waals surface area contributed by atoms with E-state index in [1.165, 1.54) is 0 Å². The molecule has 2 N–H and O–H groups in total. The zero-order chi connectivity index (χ0) is 13.0. The lowest BCUT2D eigenvalue weighted by Crippen LogP contribution is -2.38. The molecule has 1 aromatic carbocycles. The fraction of sp³-hybridized carbons (Fsp3) is 0.462. The van der Waals surface area contributed by atoms with Crippen molar-refractivity contribution < 1.29 is 4.39 Å². The van der Waals surface area contributed by atoms with Crippen molar-refractivity contribution in [3.05, 3.63) is 34.6 Å². The van der Waals surface area contributed by atoms with Crippen LogP contribution in [0.3, 0.4) is 0 Å². The maximum Gasteiger partial charge on any atom is 0.166 e. The maximum absolute atomic E-state index is 13.4. The molecule has 0 heterocycles. The molecule has 0 aromatic heterocycles. The van der Waals surface area contributed by atoms with Gasteiger partial charge in [0.25, 0.3) is 0 Å². The van der Waals surface area contributed by atoms with Crippen LogP contribution in [0, 0.1) is 19.7 Å². The Hall–Kier alpha value is -1.16. The van der Waals surface area contributed by atoms with Crippen LogP contribution in [0.2, 0.25) is 0 Å². The van der Waals surface area contributed by atoms with Crippen LogP contribution in [-0.4, -0.2) is 11.2 Å². The summed E-state index contributed by atoms with van der Waals surface area (Å²) in [4.78, 5) is 0. The number of halogens is 1. The van der Waals surface area contributed by atoms with Crippen molar-refractivity contribution >= 4 is 17.3 Å². The molecule has 0 spiro atoms. The lowest BCUT2D eigenvalue weighted by atomic mass is 10.1. The van der Waals surface area contributed by atoms with Gasteiger partial charge >= 0.3 is 0 Å². The second-order valence-corrected chi connectivity index (χ2v) is 4.93. The first kappa shape index (κ1) is 13.9. The van der Waals surface area contributed by atoms with E-state index in [0.717, 1.165) is 5.56 Å². The van der Waals surface area contributed by atoms with E-state index in [0.29, 0.717) is 28.8 Å². The largest absolute Gasteiger partial charge is 0.361 e. The number of benzene rings is 1. The first-order chi connectivity index (χ1) is 7.90. The van der Waals surface area contributed by atoms with E-state index in [4.69, 9.17) is 12.2 Å². The van der Waals surface area contributed by atoms with E-state index in [2.05, 4.69) is 10.6 Å². The van der Waals surface area contributed by atoms with Crippen molar-refractivity contribution in [2.75, 3.05) is 0 Å². The van der Waals surface area contributed by atoms with Crippen molar-refractivity contribution in [1.82, 2.24) is 10.6 Å². The molecule has 0 radical (unpaired) electrons. The van der Waals surface area contributed by atoms with Crippen LogP contribution in [0.15, 0.2) is 12.1 Å². The van der Waals surface area contributed by atoms with Gasteiger partial charge in [-0.1, -0.05) is 12.1 Å². The van der Waals surface area contributed by atoms with Gasteiger partial charge in [0.05, 0.1) is 0 Å². The standard InChI is InChI=1S/C13H19FN2S/c1-8(2)16-13(17)15-7-11-5-9(3)12(14)10(4)6-11/h5-6,8H,7H2,1-4H3,(H2,15,16,17). The summed E-state index contributed by atoms with van der Waals surface area (Å²) in [6.07, 6.45) is 0. The van der Waals surface area contributed by atoms with Crippen molar-refractivity contribution in [2.24, 2.45) is 0 Å². The molecule has 0 fully saturated rings. The van der Waals surface area contributed by atoms with Crippen molar-refractivity contribution in [2.45, 2.75) is 40.3 Å². The summed E-state index contributed by atoms with van der Waals surface area (Å²) in [6.45, 7) is 8.22. The number of rotatable bonds is 3. The topological polar surface area (TPSA) is 24.1 Å². The molecule has 4 heteroatoms. The molecule has 0 aliphatic carbocycles. The Kier molecular flexibility index (Phi) is 4.87. The predicted octanol–water partition coefficient (Wildman–Crippen LogP) is 2.82. The highest BCUT2D eigenvalue weighted by atomic mass is 32.1. The molecule has 0 bridgehead atoms. The maximum atomic E-state index is 13.4. The van der Waals surface area contributed by atoms with Gasteiger partial charge < -0.3 is 10.6 Å². The van der Waals surface area contributed by atoms with Crippen LogP contribution in [0.4, 0.5) is 4.39 Å². The van der Waals surface area contributed by atoms with Crippen LogP contribution in [0.1, 0.15) is 30.5 Å². The van der Waals surface area contributed by atoms with Gasteiger partial charge in [0.15, 0.2) is 5.11 Å². The SMILES string of the molecule is Cc1cc(CNC(=S)NC(C)C)cc(C)c1F. The van der Waals surface area contributed by atoms with Crippen LogP contribution < -0.4 is 10.6 Å². The zero-order valence-corrected chi connectivity index (χ0v) is 11.5. The highest BCUT2D eigenvalue weighted by Gasteiger charge is 2.05. The molecule has 0 amide bonds. The highest BCUT2D eigenvalue weighted by molar-refractivity contribution is 7.80. The van der Waals surface area contributed by atoms with Gasteiger partial charge in [0.2, 0.25) is 0 Å². The third-order valence-electron chi connectivity index (χ3n) is 2.37. The average Bonchev–Trinajstić information content (AvgIpc) is 2.22. The summed E-state index contributed by atoms with van der Waals surface area (Å²) in [5, 5.41) is 6.83. The van der Waals surface area contributed by atoms with Gasteiger partial charge in [0, 0.05) is 12.6 Å². The number of thiocarbonyl (C=S) groups is 1. The molecule has 1 aromatic rings. The molecule has 0 aliphatic rings. The van der Waals surface area contributed by atoms with Gasteiger partial charge in [-0.25, -0.2) is 4.39 Å². The smallest absolute Gasteiger partial charge is 0.166 e. The van der Waals surface area contributed by atoms with Gasteiger partial charge in [-0.05, 0) is 56.6 Å². The van der Waals surface area contributed by atoms with Gasteiger partial charge in [0.1, 0.15) is 5.82 Å². The van der Waals surface area contributed by atoms with Gasteiger partial charge in [-0.15, -0.1) is 0 Å². The Morgan fingerprint density at radius 1 is 1.29 bits per heavy atom. The first-order valence-electron chi connectivity index (χ1n) is 5.70. The average molecular weight is 254 g/mol. The summed E-state index contributed by atoms with van der Waals surface area (Å²) < 4.78 is 13.4. The quantitative estimate of drug-likeness (QED) is 0.811. The Morgan fingerprint density at radius 3 is 2.29 bits per heavy atom. The van der Waals surface area contributed by atoms with E-state index in [1.54, 1.807) is 13.8 Å². The predicted molar refractivity (Wildman–Crippen MR) is 73.6 cm³/mol. The Morgan fingerprint density at radius 2 is 1.82 bits per heavy atom. The Balaban J connectivity index is 2.61. The van der Waals surface area contributed by atoms with E-state index in [-0.39, 0.29) is 5.82 Å². The van der Waals surface area contributed by atoms with E-state index in [9.17, 15) is 4.39 Å². The number of nitrogens with one attached hydrogen (secondary N) is 2. The Bertz CT molecular complexity index is 393. The van der Waals surface area contributed by atoms with Crippen molar-refractivity contribution in [3.63, 3.8) is 0 Å².